The predicted octanol–water partition coefficient (Wildman–Crippen LogP) is -0.329. The molecule has 2 saturated carbocycles. The molecule has 1 spiro atoms. The first-order valence-electron chi connectivity index (χ1n) is 7.01. The highest BCUT2D eigenvalue weighted by Gasteiger charge is 2.60. The summed E-state index contributed by atoms with van der Waals surface area (Å²) in [6.45, 7) is 1.36. The van der Waals surface area contributed by atoms with Gasteiger partial charge in [-0.1, -0.05) is 6.42 Å². The largest absolute Gasteiger partial charge is 0.388 e. The Morgan fingerprint density at radius 3 is 2.11 bits per heavy atom. The van der Waals surface area contributed by atoms with E-state index in [-0.39, 0.29) is 5.91 Å². The number of aliphatic hydroxyl groups is 2. The van der Waals surface area contributed by atoms with Gasteiger partial charge in [0.15, 0.2) is 5.79 Å². The van der Waals surface area contributed by atoms with E-state index in [4.69, 9.17) is 9.47 Å². The van der Waals surface area contributed by atoms with E-state index in [0.717, 1.165) is 25.7 Å². The Bertz CT molecular complexity index is 348. The Balaban J connectivity index is 1.73. The molecule has 0 bridgehead atoms. The molecule has 0 radical (unpaired) electrons. The molecule has 6 nitrogen and oxygen atoms in total. The van der Waals surface area contributed by atoms with E-state index < -0.39 is 36.2 Å². The van der Waals surface area contributed by atoms with E-state index in [1.165, 1.54) is 13.3 Å². The van der Waals surface area contributed by atoms with Gasteiger partial charge in [-0.2, -0.15) is 0 Å². The van der Waals surface area contributed by atoms with Crippen LogP contribution in [0.25, 0.3) is 0 Å². The number of carbonyl (C=O) groups excluding carboxylic acids is 1. The molecule has 0 aromatic carbocycles. The molecule has 3 rings (SSSR count). The maximum Gasteiger partial charge on any atom is 0.217 e. The van der Waals surface area contributed by atoms with Crippen molar-refractivity contribution in [2.75, 3.05) is 0 Å². The van der Waals surface area contributed by atoms with Crippen LogP contribution in [-0.4, -0.2) is 52.4 Å². The Morgan fingerprint density at radius 2 is 1.63 bits per heavy atom. The van der Waals surface area contributed by atoms with Gasteiger partial charge in [-0.3, -0.25) is 4.79 Å². The third-order valence-corrected chi connectivity index (χ3v) is 4.42. The third-order valence-electron chi connectivity index (χ3n) is 4.42. The second-order valence-corrected chi connectivity index (χ2v) is 5.84. The number of fused-ring (bicyclic) bond motifs is 1. The molecule has 3 aliphatic rings. The summed E-state index contributed by atoms with van der Waals surface area (Å²) in [4.78, 5) is 11.1. The molecule has 5 atom stereocenters. The van der Waals surface area contributed by atoms with Crippen LogP contribution in [0.2, 0.25) is 0 Å². The van der Waals surface area contributed by atoms with Gasteiger partial charge in [0, 0.05) is 19.8 Å². The second kappa shape index (κ2) is 4.70. The first kappa shape index (κ1) is 13.3. The van der Waals surface area contributed by atoms with Gasteiger partial charge in [0.2, 0.25) is 5.91 Å². The highest BCUT2D eigenvalue weighted by atomic mass is 16.8. The minimum absolute atomic E-state index is 0.282. The lowest BCUT2D eigenvalue weighted by molar-refractivity contribution is -0.215. The minimum Gasteiger partial charge on any atom is -0.388 e. The van der Waals surface area contributed by atoms with E-state index in [2.05, 4.69) is 5.32 Å². The zero-order chi connectivity index (χ0) is 13.6. The quantitative estimate of drug-likeness (QED) is 0.608. The first-order valence-corrected chi connectivity index (χ1v) is 7.01. The lowest BCUT2D eigenvalue weighted by atomic mass is 9.94. The molecule has 0 aromatic heterocycles. The van der Waals surface area contributed by atoms with Crippen molar-refractivity contribution in [1.82, 2.24) is 5.32 Å². The van der Waals surface area contributed by atoms with Gasteiger partial charge in [0.1, 0.15) is 24.4 Å². The molecule has 0 aromatic rings. The normalized spacial score (nSPS) is 44.3. The highest BCUT2D eigenvalue weighted by Crippen LogP contribution is 2.45. The number of hydrogen-bond acceptors (Lipinski definition) is 5. The SMILES string of the molecule is CC(=O)NC1[C@@H](O)[C@@H]2OC3(CCCCC3)O[C@@H]2[C@H]1O. The molecule has 6 heteroatoms. The summed E-state index contributed by atoms with van der Waals surface area (Å²) < 4.78 is 11.8. The van der Waals surface area contributed by atoms with E-state index in [0.29, 0.717) is 0 Å². The van der Waals surface area contributed by atoms with Crippen molar-refractivity contribution in [2.24, 2.45) is 0 Å². The third kappa shape index (κ3) is 2.16. The maximum absolute atomic E-state index is 11.1. The number of carbonyl (C=O) groups is 1. The number of aliphatic hydroxyl groups excluding tert-OH is 2. The monoisotopic (exact) mass is 271 g/mol. The summed E-state index contributed by atoms with van der Waals surface area (Å²) in [6, 6.07) is -0.714. The minimum atomic E-state index is -0.926. The van der Waals surface area contributed by atoms with Crippen LogP contribution in [0.4, 0.5) is 0 Å². The summed E-state index contributed by atoms with van der Waals surface area (Å²) in [5.41, 5.74) is 0. The van der Waals surface area contributed by atoms with Crippen LogP contribution in [0.1, 0.15) is 39.0 Å². The van der Waals surface area contributed by atoms with Crippen molar-refractivity contribution in [3.05, 3.63) is 0 Å². The smallest absolute Gasteiger partial charge is 0.217 e. The number of rotatable bonds is 1. The van der Waals surface area contributed by atoms with Crippen LogP contribution in [0.3, 0.4) is 0 Å². The molecule has 19 heavy (non-hydrogen) atoms. The molecule has 108 valence electrons. The van der Waals surface area contributed by atoms with E-state index in [1.54, 1.807) is 0 Å². The maximum atomic E-state index is 11.1. The summed E-state index contributed by atoms with van der Waals surface area (Å²) >= 11 is 0. The average Bonchev–Trinajstić information content (AvgIpc) is 2.82. The molecule has 1 saturated heterocycles. The van der Waals surface area contributed by atoms with Crippen molar-refractivity contribution in [1.29, 1.82) is 0 Å². The van der Waals surface area contributed by atoms with Crippen molar-refractivity contribution >= 4 is 5.91 Å². The van der Waals surface area contributed by atoms with Gasteiger partial charge in [-0.05, 0) is 12.8 Å². The Labute approximate surface area is 112 Å². The topological polar surface area (TPSA) is 88.0 Å². The van der Waals surface area contributed by atoms with Crippen LogP contribution in [0, 0.1) is 0 Å². The Kier molecular flexibility index (Phi) is 3.29. The van der Waals surface area contributed by atoms with Crippen LogP contribution in [-0.2, 0) is 14.3 Å². The lowest BCUT2D eigenvalue weighted by Crippen LogP contribution is -2.50. The zero-order valence-corrected chi connectivity index (χ0v) is 11.0. The fourth-order valence-electron chi connectivity index (χ4n) is 3.53. The van der Waals surface area contributed by atoms with Crippen molar-refractivity contribution in [2.45, 2.75) is 75.3 Å². The average molecular weight is 271 g/mol. The summed E-state index contributed by atoms with van der Waals surface area (Å²) in [6.07, 6.45) is 1.92. The molecular weight excluding hydrogens is 250 g/mol. The van der Waals surface area contributed by atoms with Crippen molar-refractivity contribution in [3.8, 4) is 0 Å². The summed E-state index contributed by atoms with van der Waals surface area (Å²) in [5, 5.41) is 23.0. The molecule has 1 heterocycles. The Morgan fingerprint density at radius 1 is 1.11 bits per heavy atom. The van der Waals surface area contributed by atoms with Crippen molar-refractivity contribution in [3.63, 3.8) is 0 Å². The van der Waals surface area contributed by atoms with Crippen LogP contribution in [0.5, 0.6) is 0 Å². The number of nitrogens with one attached hydrogen (secondary N) is 1. The van der Waals surface area contributed by atoms with Gasteiger partial charge in [0.25, 0.3) is 0 Å². The Hall–Kier alpha value is -0.690. The molecule has 3 fully saturated rings. The summed E-state index contributed by atoms with van der Waals surface area (Å²) in [5.74, 6) is -0.910. The highest BCUT2D eigenvalue weighted by molar-refractivity contribution is 5.73. The van der Waals surface area contributed by atoms with Gasteiger partial charge in [0.05, 0.1) is 6.04 Å². The van der Waals surface area contributed by atoms with Gasteiger partial charge in [-0.25, -0.2) is 0 Å². The number of hydrogen-bond donors (Lipinski definition) is 3. The van der Waals surface area contributed by atoms with Gasteiger partial charge in [-0.15, -0.1) is 0 Å². The molecule has 3 N–H and O–H groups in total. The van der Waals surface area contributed by atoms with Gasteiger partial charge < -0.3 is 25.0 Å². The van der Waals surface area contributed by atoms with E-state index in [1.807, 2.05) is 0 Å². The van der Waals surface area contributed by atoms with Crippen LogP contribution < -0.4 is 5.32 Å². The summed E-state index contributed by atoms with van der Waals surface area (Å²) in [7, 11) is 0. The molecule has 1 unspecified atom stereocenters. The fourth-order valence-corrected chi connectivity index (χ4v) is 3.53. The zero-order valence-electron chi connectivity index (χ0n) is 11.0. The molecule has 1 aliphatic heterocycles. The van der Waals surface area contributed by atoms with Crippen molar-refractivity contribution < 1.29 is 24.5 Å². The number of ether oxygens (including phenoxy) is 2. The lowest BCUT2D eigenvalue weighted by Gasteiger charge is -2.34. The standard InChI is InChI=1S/C13H21NO5/c1-7(15)14-8-9(16)11-12(10(8)17)19-13(18-11)5-3-2-4-6-13/h8-12,16-17H,2-6H2,1H3,(H,14,15)/t8?,9-,10+,11+,12-. The molecule has 1 amide bonds. The molecular formula is C13H21NO5. The predicted molar refractivity (Wildman–Crippen MR) is 65.2 cm³/mol. The van der Waals surface area contributed by atoms with E-state index in [9.17, 15) is 15.0 Å². The van der Waals surface area contributed by atoms with Crippen LogP contribution >= 0.6 is 0 Å². The fraction of sp³-hybridized carbons (Fsp3) is 0.923. The van der Waals surface area contributed by atoms with Gasteiger partial charge >= 0.3 is 0 Å². The van der Waals surface area contributed by atoms with E-state index >= 15 is 0 Å². The molecule has 2 aliphatic carbocycles. The first-order chi connectivity index (χ1) is 9.02. The number of amides is 1. The van der Waals surface area contributed by atoms with Crippen LogP contribution in [0.15, 0.2) is 0 Å². The second-order valence-electron chi connectivity index (χ2n) is 5.84.